The Morgan fingerprint density at radius 1 is 1.41 bits per heavy atom. The van der Waals surface area contributed by atoms with E-state index in [1.54, 1.807) is 24.3 Å². The molecule has 1 unspecified atom stereocenters. The third kappa shape index (κ3) is 4.42. The number of hydrogen-bond donors (Lipinski definition) is 3. The molecule has 0 spiro atoms. The van der Waals surface area contributed by atoms with Gasteiger partial charge in [-0.05, 0) is 19.1 Å². The van der Waals surface area contributed by atoms with Crippen molar-refractivity contribution in [3.05, 3.63) is 29.3 Å². The third-order valence-electron chi connectivity index (χ3n) is 2.09. The van der Waals surface area contributed by atoms with Gasteiger partial charge in [0.05, 0.1) is 17.3 Å². The van der Waals surface area contributed by atoms with Crippen molar-refractivity contribution in [2.75, 3.05) is 11.9 Å². The predicted molar refractivity (Wildman–Crippen MR) is 65.2 cm³/mol. The Morgan fingerprint density at radius 2 is 2.06 bits per heavy atom. The molecule has 3 N–H and O–H groups in total. The van der Waals surface area contributed by atoms with E-state index in [-0.39, 0.29) is 12.5 Å². The smallest absolute Gasteiger partial charge is 0.320 e. The molecule has 0 saturated carbocycles. The lowest BCUT2D eigenvalue weighted by atomic mass is 10.3. The predicted octanol–water partition coefficient (Wildman–Crippen LogP) is 1.34. The van der Waals surface area contributed by atoms with Crippen molar-refractivity contribution < 1.29 is 14.7 Å². The van der Waals surface area contributed by atoms with Crippen molar-refractivity contribution in [1.29, 1.82) is 0 Å². The average Bonchev–Trinajstić information content (AvgIpc) is 2.29. The van der Waals surface area contributed by atoms with E-state index in [4.69, 9.17) is 16.7 Å². The van der Waals surface area contributed by atoms with Crippen LogP contribution in [0.4, 0.5) is 5.69 Å². The summed E-state index contributed by atoms with van der Waals surface area (Å²) in [6.07, 6.45) is 0. The Labute approximate surface area is 104 Å². The number of aliphatic carboxylic acids is 1. The Balaban J connectivity index is 2.46. The van der Waals surface area contributed by atoms with Crippen LogP contribution in [0.1, 0.15) is 6.92 Å². The summed E-state index contributed by atoms with van der Waals surface area (Å²) in [4.78, 5) is 22.0. The summed E-state index contributed by atoms with van der Waals surface area (Å²) >= 11 is 5.85. The molecule has 0 fully saturated rings. The largest absolute Gasteiger partial charge is 0.480 e. The van der Waals surface area contributed by atoms with Gasteiger partial charge < -0.3 is 10.4 Å². The molecule has 1 aromatic carbocycles. The van der Waals surface area contributed by atoms with E-state index in [0.29, 0.717) is 10.7 Å². The molecule has 0 bridgehead atoms. The molecule has 17 heavy (non-hydrogen) atoms. The van der Waals surface area contributed by atoms with Crippen molar-refractivity contribution >= 4 is 29.2 Å². The standard InChI is InChI=1S/C11H13ClN2O3/c1-7(11(16)17)13-6-10(15)14-9-5-3-2-4-8(9)12/h2-5,7,13H,6H2,1H3,(H,14,15)(H,16,17). The quantitative estimate of drug-likeness (QED) is 0.743. The minimum absolute atomic E-state index is 0.0846. The number of carbonyl (C=O) groups excluding carboxylic acids is 1. The van der Waals surface area contributed by atoms with E-state index in [2.05, 4.69) is 10.6 Å². The number of halogens is 1. The first-order valence-electron chi connectivity index (χ1n) is 5.01. The fourth-order valence-electron chi connectivity index (χ4n) is 1.09. The van der Waals surface area contributed by atoms with Crippen LogP contribution >= 0.6 is 11.6 Å². The first-order chi connectivity index (χ1) is 8.00. The van der Waals surface area contributed by atoms with Crippen LogP contribution in [0, 0.1) is 0 Å². The van der Waals surface area contributed by atoms with Crippen LogP contribution in [0.15, 0.2) is 24.3 Å². The molecule has 0 aliphatic heterocycles. The van der Waals surface area contributed by atoms with Crippen molar-refractivity contribution in [1.82, 2.24) is 5.32 Å². The lowest BCUT2D eigenvalue weighted by Crippen LogP contribution is -2.39. The van der Waals surface area contributed by atoms with Gasteiger partial charge in [-0.25, -0.2) is 0 Å². The van der Waals surface area contributed by atoms with E-state index in [9.17, 15) is 9.59 Å². The summed E-state index contributed by atoms with van der Waals surface area (Å²) < 4.78 is 0. The third-order valence-corrected chi connectivity index (χ3v) is 2.42. The number of carboxylic acid groups (broad SMARTS) is 1. The zero-order chi connectivity index (χ0) is 12.8. The number of para-hydroxylation sites is 1. The van der Waals surface area contributed by atoms with E-state index in [0.717, 1.165) is 0 Å². The van der Waals surface area contributed by atoms with E-state index in [1.807, 2.05) is 0 Å². The fourth-order valence-corrected chi connectivity index (χ4v) is 1.27. The molecule has 1 atom stereocenters. The molecule has 0 saturated heterocycles. The maximum atomic E-state index is 11.5. The molecule has 0 radical (unpaired) electrons. The van der Waals surface area contributed by atoms with Crippen molar-refractivity contribution in [3.63, 3.8) is 0 Å². The van der Waals surface area contributed by atoms with E-state index in [1.165, 1.54) is 6.92 Å². The Bertz CT molecular complexity index is 423. The number of hydrogen-bond acceptors (Lipinski definition) is 3. The molecule has 6 heteroatoms. The number of benzene rings is 1. The van der Waals surface area contributed by atoms with Gasteiger partial charge in [-0.3, -0.25) is 14.9 Å². The van der Waals surface area contributed by atoms with Gasteiger partial charge in [0, 0.05) is 0 Å². The minimum atomic E-state index is -1.00. The number of anilines is 1. The molecule has 92 valence electrons. The first kappa shape index (κ1) is 13.5. The number of amides is 1. The summed E-state index contributed by atoms with van der Waals surface area (Å²) in [5.41, 5.74) is 0.504. The topological polar surface area (TPSA) is 78.4 Å². The fraction of sp³-hybridized carbons (Fsp3) is 0.273. The van der Waals surface area contributed by atoms with Gasteiger partial charge in [0.2, 0.25) is 5.91 Å². The number of carbonyl (C=O) groups is 2. The molecule has 1 amide bonds. The van der Waals surface area contributed by atoms with Gasteiger partial charge in [-0.15, -0.1) is 0 Å². The van der Waals surface area contributed by atoms with Crippen LogP contribution in [-0.2, 0) is 9.59 Å². The molecule has 1 aromatic rings. The zero-order valence-electron chi connectivity index (χ0n) is 9.24. The highest BCUT2D eigenvalue weighted by Gasteiger charge is 2.12. The SMILES string of the molecule is CC(NCC(=O)Nc1ccccc1Cl)C(=O)O. The Kier molecular flexibility index (Phi) is 4.93. The second kappa shape index (κ2) is 6.22. The maximum Gasteiger partial charge on any atom is 0.320 e. The number of carboxylic acids is 1. The van der Waals surface area contributed by atoms with Gasteiger partial charge in [0.1, 0.15) is 6.04 Å². The van der Waals surface area contributed by atoms with Gasteiger partial charge in [0.15, 0.2) is 0 Å². The first-order valence-corrected chi connectivity index (χ1v) is 5.39. The molecular weight excluding hydrogens is 244 g/mol. The maximum absolute atomic E-state index is 11.5. The minimum Gasteiger partial charge on any atom is -0.480 e. The highest BCUT2D eigenvalue weighted by Crippen LogP contribution is 2.19. The van der Waals surface area contributed by atoms with Crippen LogP contribution in [0.25, 0.3) is 0 Å². The van der Waals surface area contributed by atoms with Gasteiger partial charge in [0.25, 0.3) is 0 Å². The van der Waals surface area contributed by atoms with Crippen LogP contribution in [0.2, 0.25) is 5.02 Å². The van der Waals surface area contributed by atoms with Crippen LogP contribution in [-0.4, -0.2) is 29.6 Å². The molecule has 0 aliphatic rings. The summed E-state index contributed by atoms with van der Waals surface area (Å²) in [5.74, 6) is -1.35. The molecular formula is C11H13ClN2O3. The average molecular weight is 257 g/mol. The monoisotopic (exact) mass is 256 g/mol. The summed E-state index contributed by atoms with van der Waals surface area (Å²) in [6, 6.07) is 6.05. The normalized spacial score (nSPS) is 11.9. The lowest BCUT2D eigenvalue weighted by molar-refractivity contribution is -0.139. The van der Waals surface area contributed by atoms with Crippen LogP contribution in [0.5, 0.6) is 0 Å². The molecule has 1 rings (SSSR count). The highest BCUT2D eigenvalue weighted by molar-refractivity contribution is 6.33. The Morgan fingerprint density at radius 3 is 2.65 bits per heavy atom. The summed E-state index contributed by atoms with van der Waals surface area (Å²) in [6.45, 7) is 1.38. The van der Waals surface area contributed by atoms with E-state index < -0.39 is 12.0 Å². The van der Waals surface area contributed by atoms with Gasteiger partial charge in [-0.1, -0.05) is 23.7 Å². The van der Waals surface area contributed by atoms with Crippen molar-refractivity contribution in [2.24, 2.45) is 0 Å². The van der Waals surface area contributed by atoms with Crippen LogP contribution < -0.4 is 10.6 Å². The molecule has 0 heterocycles. The van der Waals surface area contributed by atoms with Crippen molar-refractivity contribution in [2.45, 2.75) is 13.0 Å². The zero-order valence-corrected chi connectivity index (χ0v) is 9.99. The van der Waals surface area contributed by atoms with Crippen molar-refractivity contribution in [3.8, 4) is 0 Å². The van der Waals surface area contributed by atoms with E-state index >= 15 is 0 Å². The molecule has 0 aromatic heterocycles. The van der Waals surface area contributed by atoms with Gasteiger partial charge >= 0.3 is 5.97 Å². The van der Waals surface area contributed by atoms with Crippen LogP contribution in [0.3, 0.4) is 0 Å². The lowest BCUT2D eigenvalue weighted by Gasteiger charge is -2.10. The second-order valence-corrected chi connectivity index (χ2v) is 3.88. The summed E-state index contributed by atoms with van der Waals surface area (Å²) in [5, 5.41) is 14.2. The molecule has 0 aliphatic carbocycles. The highest BCUT2D eigenvalue weighted by atomic mass is 35.5. The second-order valence-electron chi connectivity index (χ2n) is 3.47. The van der Waals surface area contributed by atoms with Gasteiger partial charge in [-0.2, -0.15) is 0 Å². The Hall–Kier alpha value is -1.59. The summed E-state index contributed by atoms with van der Waals surface area (Å²) in [7, 11) is 0. The number of nitrogens with one attached hydrogen (secondary N) is 2. The molecule has 5 nitrogen and oxygen atoms in total. The number of rotatable bonds is 5.